The summed E-state index contributed by atoms with van der Waals surface area (Å²) < 4.78 is 57.6. The second-order valence-corrected chi connectivity index (χ2v) is 8.46. The number of anilines is 1. The number of aryl methyl sites for hydroxylation is 3. The summed E-state index contributed by atoms with van der Waals surface area (Å²) in [4.78, 5) is 25.4. The average Bonchev–Trinajstić information content (AvgIpc) is 2.86. The zero-order chi connectivity index (χ0) is 26.7. The third-order valence-electron chi connectivity index (χ3n) is 5.68. The van der Waals surface area contributed by atoms with Crippen molar-refractivity contribution in [1.82, 2.24) is 0 Å². The highest BCUT2D eigenvalue weighted by Crippen LogP contribution is 2.39. The van der Waals surface area contributed by atoms with E-state index in [1.54, 1.807) is 44.2 Å². The van der Waals surface area contributed by atoms with E-state index in [0.717, 1.165) is 23.6 Å². The molecule has 0 radical (unpaired) electrons. The number of rotatable bonds is 7. The van der Waals surface area contributed by atoms with Gasteiger partial charge in [0.25, 0.3) is 11.7 Å². The number of alkyl halides is 3. The molecule has 6 nitrogen and oxygen atoms in total. The molecule has 0 aliphatic rings. The standard InChI is InChI=1S/C28H24F3NO5/c1-4-18-7-5-6-8-21(18)32-24(33)15-35-19-11-12-20-23(14-19)37-27(28(29,30)31)26(25(20)34)36-22-13-16(2)9-10-17(22)3/h5-14H,4,15H2,1-3H3,(H,32,33). The smallest absolute Gasteiger partial charge is 0.453 e. The van der Waals surface area contributed by atoms with Crippen LogP contribution in [0.1, 0.15) is 29.4 Å². The Kier molecular flexibility index (Phi) is 7.24. The van der Waals surface area contributed by atoms with E-state index >= 15 is 0 Å². The predicted molar refractivity (Wildman–Crippen MR) is 133 cm³/mol. The van der Waals surface area contributed by atoms with Gasteiger partial charge in [0.1, 0.15) is 17.1 Å². The molecule has 9 heteroatoms. The summed E-state index contributed by atoms with van der Waals surface area (Å²) in [5.74, 6) is -2.78. The van der Waals surface area contributed by atoms with Gasteiger partial charge in [0.15, 0.2) is 6.61 Å². The highest BCUT2D eigenvalue weighted by molar-refractivity contribution is 5.92. The number of amides is 1. The zero-order valence-electron chi connectivity index (χ0n) is 20.4. The number of carbonyl (C=O) groups excluding carboxylic acids is 1. The minimum Gasteiger partial charge on any atom is -0.484 e. The van der Waals surface area contributed by atoms with Crippen LogP contribution < -0.4 is 20.2 Å². The van der Waals surface area contributed by atoms with E-state index in [2.05, 4.69) is 5.32 Å². The largest absolute Gasteiger partial charge is 0.484 e. The van der Waals surface area contributed by atoms with Crippen LogP contribution in [0.15, 0.2) is 69.9 Å². The van der Waals surface area contributed by atoms with Crippen molar-refractivity contribution in [2.45, 2.75) is 33.4 Å². The molecular formula is C28H24F3NO5. The molecule has 37 heavy (non-hydrogen) atoms. The quantitative estimate of drug-likeness (QED) is 0.295. The molecule has 1 N–H and O–H groups in total. The van der Waals surface area contributed by atoms with Crippen molar-refractivity contribution in [2.75, 3.05) is 11.9 Å². The highest BCUT2D eigenvalue weighted by Gasteiger charge is 2.40. The zero-order valence-corrected chi connectivity index (χ0v) is 20.4. The summed E-state index contributed by atoms with van der Waals surface area (Å²) in [7, 11) is 0. The molecule has 4 rings (SSSR count). The number of halogens is 3. The van der Waals surface area contributed by atoms with Gasteiger partial charge < -0.3 is 19.2 Å². The van der Waals surface area contributed by atoms with Crippen LogP contribution in [0.5, 0.6) is 17.2 Å². The first-order valence-corrected chi connectivity index (χ1v) is 11.5. The number of fused-ring (bicyclic) bond motifs is 1. The Morgan fingerprint density at radius 1 is 1.03 bits per heavy atom. The number of hydrogen-bond acceptors (Lipinski definition) is 5. The summed E-state index contributed by atoms with van der Waals surface area (Å²) in [6.45, 7) is 4.97. The van der Waals surface area contributed by atoms with E-state index in [1.165, 1.54) is 12.1 Å². The summed E-state index contributed by atoms with van der Waals surface area (Å²) in [6.07, 6.45) is -4.28. The first kappa shape index (κ1) is 25.8. The van der Waals surface area contributed by atoms with E-state index in [0.29, 0.717) is 11.3 Å². The van der Waals surface area contributed by atoms with E-state index < -0.39 is 35.6 Å². The van der Waals surface area contributed by atoms with Crippen molar-refractivity contribution in [3.8, 4) is 17.2 Å². The monoisotopic (exact) mass is 511 g/mol. The maximum Gasteiger partial charge on any atom is 0.453 e. The minimum absolute atomic E-state index is 0.0610. The van der Waals surface area contributed by atoms with Crippen LogP contribution >= 0.6 is 0 Å². The average molecular weight is 511 g/mol. The Labute approximate surface area is 210 Å². The number of ether oxygens (including phenoxy) is 2. The predicted octanol–water partition coefficient (Wildman–Crippen LogP) is 6.80. The minimum atomic E-state index is -5.00. The van der Waals surface area contributed by atoms with Crippen LogP contribution in [-0.4, -0.2) is 12.5 Å². The Morgan fingerprint density at radius 2 is 1.78 bits per heavy atom. The van der Waals surface area contributed by atoms with Crippen LogP contribution in [0.25, 0.3) is 11.0 Å². The number of para-hydroxylation sites is 1. The molecule has 0 aliphatic heterocycles. The molecule has 0 fully saturated rings. The Balaban J connectivity index is 1.62. The fourth-order valence-electron chi connectivity index (χ4n) is 3.74. The first-order chi connectivity index (χ1) is 17.6. The number of nitrogens with one attached hydrogen (secondary N) is 1. The lowest BCUT2D eigenvalue weighted by atomic mass is 10.1. The van der Waals surface area contributed by atoms with Gasteiger partial charge in [0.2, 0.25) is 11.2 Å². The second kappa shape index (κ2) is 10.4. The summed E-state index contributed by atoms with van der Waals surface area (Å²) in [6, 6.07) is 16.1. The number of benzene rings is 3. The van der Waals surface area contributed by atoms with Crippen molar-refractivity contribution in [3.05, 3.63) is 93.3 Å². The summed E-state index contributed by atoms with van der Waals surface area (Å²) in [5.41, 5.74) is 1.58. The van der Waals surface area contributed by atoms with Gasteiger partial charge in [-0.15, -0.1) is 0 Å². The third kappa shape index (κ3) is 5.77. The van der Waals surface area contributed by atoms with Crippen LogP contribution in [0.3, 0.4) is 0 Å². The van der Waals surface area contributed by atoms with Gasteiger partial charge in [-0.05, 0) is 61.2 Å². The SMILES string of the molecule is CCc1ccccc1NC(=O)COc1ccc2c(=O)c(Oc3cc(C)ccc3C)c(C(F)(F)F)oc2c1. The van der Waals surface area contributed by atoms with Gasteiger partial charge in [-0.2, -0.15) is 13.2 Å². The molecule has 0 atom stereocenters. The molecular weight excluding hydrogens is 487 g/mol. The van der Waals surface area contributed by atoms with Crippen molar-refractivity contribution < 1.29 is 31.9 Å². The molecule has 0 aliphatic carbocycles. The third-order valence-corrected chi connectivity index (χ3v) is 5.68. The summed E-state index contributed by atoms with van der Waals surface area (Å²) >= 11 is 0. The first-order valence-electron chi connectivity index (χ1n) is 11.5. The van der Waals surface area contributed by atoms with E-state index in [9.17, 15) is 22.8 Å². The van der Waals surface area contributed by atoms with Crippen molar-refractivity contribution in [3.63, 3.8) is 0 Å². The Morgan fingerprint density at radius 3 is 2.51 bits per heavy atom. The Bertz CT molecular complexity index is 1530. The van der Waals surface area contributed by atoms with E-state index in [4.69, 9.17) is 13.9 Å². The lowest BCUT2D eigenvalue weighted by molar-refractivity contribution is -0.154. The molecule has 1 aromatic heterocycles. The fraction of sp³-hybridized carbons (Fsp3) is 0.214. The topological polar surface area (TPSA) is 77.8 Å². The van der Waals surface area contributed by atoms with Crippen LogP contribution in [0.2, 0.25) is 0 Å². The molecule has 1 heterocycles. The van der Waals surface area contributed by atoms with Crippen LogP contribution in [-0.2, 0) is 17.4 Å². The molecule has 4 aromatic rings. The normalized spacial score (nSPS) is 11.4. The van der Waals surface area contributed by atoms with Crippen molar-refractivity contribution in [1.29, 1.82) is 0 Å². The molecule has 0 unspecified atom stereocenters. The maximum atomic E-state index is 13.9. The molecule has 0 saturated carbocycles. The molecule has 0 bridgehead atoms. The van der Waals surface area contributed by atoms with Gasteiger partial charge in [0.05, 0.1) is 5.39 Å². The van der Waals surface area contributed by atoms with Gasteiger partial charge >= 0.3 is 6.18 Å². The second-order valence-electron chi connectivity index (χ2n) is 8.46. The van der Waals surface area contributed by atoms with Gasteiger partial charge in [0, 0.05) is 11.8 Å². The molecule has 192 valence electrons. The van der Waals surface area contributed by atoms with Crippen LogP contribution in [0.4, 0.5) is 18.9 Å². The highest BCUT2D eigenvalue weighted by atomic mass is 19.4. The molecule has 0 saturated heterocycles. The number of hydrogen-bond donors (Lipinski definition) is 1. The maximum absolute atomic E-state index is 13.9. The van der Waals surface area contributed by atoms with Crippen LogP contribution in [0, 0.1) is 13.8 Å². The fourth-order valence-corrected chi connectivity index (χ4v) is 3.74. The molecule has 0 spiro atoms. The molecule has 1 amide bonds. The van der Waals surface area contributed by atoms with Gasteiger partial charge in [-0.25, -0.2) is 0 Å². The summed E-state index contributed by atoms with van der Waals surface area (Å²) in [5, 5.41) is 2.62. The molecule has 3 aromatic carbocycles. The van der Waals surface area contributed by atoms with E-state index in [1.807, 2.05) is 19.1 Å². The lowest BCUT2D eigenvalue weighted by Crippen LogP contribution is -2.21. The van der Waals surface area contributed by atoms with Crippen molar-refractivity contribution >= 4 is 22.6 Å². The van der Waals surface area contributed by atoms with E-state index in [-0.39, 0.29) is 22.5 Å². The van der Waals surface area contributed by atoms with Crippen molar-refractivity contribution in [2.24, 2.45) is 0 Å². The Hall–Kier alpha value is -4.27. The number of carbonyl (C=O) groups is 1. The lowest BCUT2D eigenvalue weighted by Gasteiger charge is -2.15. The van der Waals surface area contributed by atoms with Gasteiger partial charge in [-0.3, -0.25) is 9.59 Å². The van der Waals surface area contributed by atoms with Gasteiger partial charge in [-0.1, -0.05) is 37.3 Å².